The van der Waals surface area contributed by atoms with Crippen molar-refractivity contribution < 1.29 is 4.79 Å². The minimum atomic E-state index is -0.0658. The van der Waals surface area contributed by atoms with Gasteiger partial charge in [0.15, 0.2) is 5.82 Å². The lowest BCUT2D eigenvalue weighted by Crippen LogP contribution is -2.31. The maximum Gasteiger partial charge on any atom is 0.233 e. The molecule has 0 aliphatic rings. The van der Waals surface area contributed by atoms with E-state index in [1.54, 1.807) is 14.1 Å². The second-order valence-electron chi connectivity index (χ2n) is 2.47. The molecule has 0 aromatic carbocycles. The number of tetrazole rings is 1. The first-order valence-corrected chi connectivity index (χ1v) is 3.86. The Morgan fingerprint density at radius 2 is 2.38 bits per heavy atom. The van der Waals surface area contributed by atoms with Gasteiger partial charge in [-0.25, -0.2) is 0 Å². The maximum atomic E-state index is 10.8. The molecule has 0 radical (unpaired) electrons. The molecule has 0 saturated carbocycles. The molecule has 0 saturated heterocycles. The number of aryl methyl sites for hydroxylation is 1. The van der Waals surface area contributed by atoms with Gasteiger partial charge in [0.25, 0.3) is 0 Å². The van der Waals surface area contributed by atoms with Gasteiger partial charge in [0.1, 0.15) is 0 Å². The number of amides is 1. The van der Waals surface area contributed by atoms with Crippen molar-refractivity contribution in [1.82, 2.24) is 30.8 Å². The third-order valence-electron chi connectivity index (χ3n) is 1.40. The van der Waals surface area contributed by atoms with Crippen molar-refractivity contribution in [3.05, 3.63) is 5.82 Å². The van der Waals surface area contributed by atoms with Crippen LogP contribution >= 0.6 is 0 Å². The van der Waals surface area contributed by atoms with Crippen molar-refractivity contribution >= 4 is 5.91 Å². The van der Waals surface area contributed by atoms with Crippen LogP contribution in [-0.2, 0) is 18.4 Å². The van der Waals surface area contributed by atoms with Crippen LogP contribution in [0.2, 0.25) is 0 Å². The number of hydrogen-bond acceptors (Lipinski definition) is 5. The minimum absolute atomic E-state index is 0.0658. The highest BCUT2D eigenvalue weighted by atomic mass is 16.1. The van der Waals surface area contributed by atoms with E-state index >= 15 is 0 Å². The first-order valence-electron chi connectivity index (χ1n) is 3.86. The summed E-state index contributed by atoms with van der Waals surface area (Å²) in [5.74, 6) is 0.510. The van der Waals surface area contributed by atoms with Crippen LogP contribution in [0.3, 0.4) is 0 Å². The Labute approximate surface area is 75.5 Å². The van der Waals surface area contributed by atoms with Crippen molar-refractivity contribution in [1.29, 1.82) is 0 Å². The van der Waals surface area contributed by atoms with E-state index in [2.05, 4.69) is 26.0 Å². The summed E-state index contributed by atoms with van der Waals surface area (Å²) in [5.41, 5.74) is 0. The van der Waals surface area contributed by atoms with E-state index in [4.69, 9.17) is 0 Å². The quantitative estimate of drug-likeness (QED) is 0.568. The fourth-order valence-corrected chi connectivity index (χ4v) is 0.770. The van der Waals surface area contributed by atoms with Crippen molar-refractivity contribution in [3.63, 3.8) is 0 Å². The van der Waals surface area contributed by atoms with E-state index in [0.29, 0.717) is 12.4 Å². The van der Waals surface area contributed by atoms with Crippen LogP contribution < -0.4 is 10.6 Å². The normalized spacial score (nSPS) is 10.0. The number of nitrogens with zero attached hydrogens (tertiary/aromatic N) is 4. The largest absolute Gasteiger partial charge is 0.358 e. The predicted octanol–water partition coefficient (Wildman–Crippen LogP) is -1.95. The van der Waals surface area contributed by atoms with Crippen LogP contribution in [0.25, 0.3) is 0 Å². The van der Waals surface area contributed by atoms with Crippen LogP contribution in [0.15, 0.2) is 0 Å². The van der Waals surface area contributed by atoms with Crippen LogP contribution in [0.5, 0.6) is 0 Å². The number of likely N-dealkylation sites (N-methyl/N-ethyl adjacent to an activating group) is 1. The van der Waals surface area contributed by atoms with Gasteiger partial charge in [0.2, 0.25) is 5.91 Å². The van der Waals surface area contributed by atoms with Crippen molar-refractivity contribution in [2.24, 2.45) is 7.05 Å². The second kappa shape index (κ2) is 4.51. The van der Waals surface area contributed by atoms with E-state index < -0.39 is 0 Å². The molecule has 1 aromatic rings. The Hall–Kier alpha value is -1.50. The molecule has 2 N–H and O–H groups in total. The van der Waals surface area contributed by atoms with Crippen LogP contribution in [0.1, 0.15) is 5.82 Å². The number of rotatable bonds is 4. The third kappa shape index (κ3) is 3.16. The summed E-state index contributed by atoms with van der Waals surface area (Å²) < 4.78 is 0. The lowest BCUT2D eigenvalue weighted by molar-refractivity contribution is -0.119. The van der Waals surface area contributed by atoms with Gasteiger partial charge in [-0.2, -0.15) is 4.80 Å². The summed E-state index contributed by atoms with van der Waals surface area (Å²) in [6.07, 6.45) is 0. The molecule has 7 nitrogen and oxygen atoms in total. The van der Waals surface area contributed by atoms with Gasteiger partial charge < -0.3 is 10.6 Å². The van der Waals surface area contributed by atoms with E-state index in [0.717, 1.165) is 0 Å². The molecular weight excluding hydrogens is 172 g/mol. The molecule has 0 aliphatic heterocycles. The topological polar surface area (TPSA) is 84.7 Å². The molecule has 1 rings (SSSR count). The summed E-state index contributed by atoms with van der Waals surface area (Å²) in [6, 6.07) is 0. The van der Waals surface area contributed by atoms with Crippen molar-refractivity contribution in [2.75, 3.05) is 13.6 Å². The van der Waals surface area contributed by atoms with E-state index in [9.17, 15) is 4.79 Å². The molecule has 0 spiro atoms. The molecule has 0 aliphatic carbocycles. The van der Waals surface area contributed by atoms with Gasteiger partial charge in [-0.05, 0) is 5.21 Å². The number of hydrogen-bond donors (Lipinski definition) is 2. The van der Waals surface area contributed by atoms with Crippen molar-refractivity contribution in [2.45, 2.75) is 6.54 Å². The number of carbonyl (C=O) groups excluding carboxylic acids is 1. The van der Waals surface area contributed by atoms with E-state index in [-0.39, 0.29) is 12.5 Å². The highest BCUT2D eigenvalue weighted by Crippen LogP contribution is 1.82. The molecule has 1 amide bonds. The SMILES string of the molecule is CNC(=O)CNCc1nnn(C)n1. The zero-order chi connectivity index (χ0) is 9.68. The van der Waals surface area contributed by atoms with Gasteiger partial charge in [-0.3, -0.25) is 4.79 Å². The van der Waals surface area contributed by atoms with Crippen LogP contribution in [-0.4, -0.2) is 39.7 Å². The van der Waals surface area contributed by atoms with Crippen molar-refractivity contribution in [3.8, 4) is 0 Å². The highest BCUT2D eigenvalue weighted by molar-refractivity contribution is 5.77. The molecule has 0 unspecified atom stereocenters. The summed E-state index contributed by atoms with van der Waals surface area (Å²) in [5, 5.41) is 16.7. The standard InChI is InChI=1S/C6H12N6O/c1-7-6(13)4-8-3-5-9-11-12(2)10-5/h8H,3-4H2,1-2H3,(H,7,13). The summed E-state index contributed by atoms with van der Waals surface area (Å²) in [6.45, 7) is 0.704. The predicted molar refractivity (Wildman–Crippen MR) is 44.6 cm³/mol. The molecule has 0 atom stereocenters. The average Bonchev–Trinajstić information content (AvgIpc) is 2.51. The van der Waals surface area contributed by atoms with Gasteiger partial charge in [-0.15, -0.1) is 10.2 Å². The van der Waals surface area contributed by atoms with Gasteiger partial charge in [0.05, 0.1) is 20.1 Å². The van der Waals surface area contributed by atoms with E-state index in [1.807, 2.05) is 0 Å². The molecule has 0 bridgehead atoms. The summed E-state index contributed by atoms with van der Waals surface area (Å²) in [4.78, 5) is 12.1. The first kappa shape index (κ1) is 9.59. The fraction of sp³-hybridized carbons (Fsp3) is 0.667. The fourth-order valence-electron chi connectivity index (χ4n) is 0.770. The average molecular weight is 184 g/mol. The smallest absolute Gasteiger partial charge is 0.233 e. The Morgan fingerprint density at radius 3 is 2.92 bits per heavy atom. The molecule has 72 valence electrons. The molecule has 1 heterocycles. The monoisotopic (exact) mass is 184 g/mol. The minimum Gasteiger partial charge on any atom is -0.358 e. The number of aromatic nitrogens is 4. The Bertz CT molecular complexity index is 282. The summed E-state index contributed by atoms with van der Waals surface area (Å²) in [7, 11) is 3.28. The second-order valence-corrected chi connectivity index (χ2v) is 2.47. The maximum absolute atomic E-state index is 10.8. The first-order chi connectivity index (χ1) is 6.22. The molecular formula is C6H12N6O. The van der Waals surface area contributed by atoms with Gasteiger partial charge in [0, 0.05) is 7.05 Å². The Kier molecular flexibility index (Phi) is 3.32. The van der Waals surface area contributed by atoms with Gasteiger partial charge in [-0.1, -0.05) is 0 Å². The molecule has 13 heavy (non-hydrogen) atoms. The zero-order valence-corrected chi connectivity index (χ0v) is 7.61. The lowest BCUT2D eigenvalue weighted by Gasteiger charge is -1.99. The molecule has 7 heteroatoms. The lowest BCUT2D eigenvalue weighted by atomic mass is 10.5. The summed E-state index contributed by atoms with van der Waals surface area (Å²) >= 11 is 0. The zero-order valence-electron chi connectivity index (χ0n) is 7.61. The molecule has 0 fully saturated rings. The Balaban J connectivity index is 2.24. The number of carbonyl (C=O) groups is 1. The Morgan fingerprint density at radius 1 is 1.62 bits per heavy atom. The van der Waals surface area contributed by atoms with E-state index in [1.165, 1.54) is 4.80 Å². The highest BCUT2D eigenvalue weighted by Gasteiger charge is 2.00. The van der Waals surface area contributed by atoms with Gasteiger partial charge >= 0.3 is 0 Å². The third-order valence-corrected chi connectivity index (χ3v) is 1.40. The van der Waals surface area contributed by atoms with Crippen LogP contribution in [0, 0.1) is 0 Å². The van der Waals surface area contributed by atoms with Crippen LogP contribution in [0.4, 0.5) is 0 Å². The number of nitrogens with one attached hydrogen (secondary N) is 2. The molecule has 1 aromatic heterocycles.